The Morgan fingerprint density at radius 3 is 2.80 bits per heavy atom. The lowest BCUT2D eigenvalue weighted by molar-refractivity contribution is -0.117. The highest BCUT2D eigenvalue weighted by Crippen LogP contribution is 2.24. The predicted molar refractivity (Wildman–Crippen MR) is 82.8 cm³/mol. The number of benzene rings is 1. The second kappa shape index (κ2) is 8.47. The van der Waals surface area contributed by atoms with Crippen molar-refractivity contribution < 1.29 is 9.59 Å². The highest BCUT2D eigenvalue weighted by Gasteiger charge is 2.08. The van der Waals surface area contributed by atoms with Gasteiger partial charge in [-0.3, -0.25) is 10.1 Å². The number of hydrogen-bond donors (Lipinski definition) is 3. The quantitative estimate of drug-likeness (QED) is 0.427. The van der Waals surface area contributed by atoms with E-state index < -0.39 is 6.03 Å². The molecule has 1 aromatic rings. The van der Waals surface area contributed by atoms with Crippen LogP contribution in [0.15, 0.2) is 23.1 Å². The van der Waals surface area contributed by atoms with Crippen molar-refractivity contribution in [2.24, 2.45) is 0 Å². The molecule has 0 spiro atoms. The molecule has 0 aliphatic heterocycles. The highest BCUT2D eigenvalue weighted by molar-refractivity contribution is 8.00. The Morgan fingerprint density at radius 2 is 2.10 bits per heavy atom. The molecule has 0 aliphatic carbocycles. The zero-order valence-corrected chi connectivity index (χ0v) is 12.7. The SMILES string of the molecule is CCCCNC(=O)NC(=O)CSc1cc(N)ccc1C. The van der Waals surface area contributed by atoms with E-state index in [0.717, 1.165) is 23.3 Å². The number of rotatable bonds is 6. The van der Waals surface area contributed by atoms with E-state index in [2.05, 4.69) is 10.6 Å². The number of urea groups is 1. The number of hydrogen-bond acceptors (Lipinski definition) is 4. The van der Waals surface area contributed by atoms with E-state index in [4.69, 9.17) is 5.73 Å². The van der Waals surface area contributed by atoms with Gasteiger partial charge in [0.25, 0.3) is 0 Å². The number of unbranched alkanes of at least 4 members (excludes halogenated alkanes) is 1. The Bertz CT molecular complexity index is 477. The van der Waals surface area contributed by atoms with Gasteiger partial charge in [-0.1, -0.05) is 19.4 Å². The summed E-state index contributed by atoms with van der Waals surface area (Å²) in [5.74, 6) is -0.128. The van der Waals surface area contributed by atoms with Crippen molar-refractivity contribution in [3.8, 4) is 0 Å². The van der Waals surface area contributed by atoms with Crippen LogP contribution in [-0.4, -0.2) is 24.2 Å². The van der Waals surface area contributed by atoms with E-state index in [1.54, 1.807) is 0 Å². The van der Waals surface area contributed by atoms with Crippen LogP contribution in [0.3, 0.4) is 0 Å². The van der Waals surface area contributed by atoms with Crippen molar-refractivity contribution in [2.45, 2.75) is 31.6 Å². The molecule has 110 valence electrons. The minimum atomic E-state index is -0.437. The Kier molecular flexibility index (Phi) is 6.93. The van der Waals surface area contributed by atoms with Gasteiger partial charge in [-0.2, -0.15) is 0 Å². The molecule has 6 heteroatoms. The van der Waals surface area contributed by atoms with Gasteiger partial charge in [0.1, 0.15) is 0 Å². The molecule has 0 saturated heterocycles. The van der Waals surface area contributed by atoms with Crippen LogP contribution in [0.1, 0.15) is 25.3 Å². The first kappa shape index (κ1) is 16.4. The average molecular weight is 295 g/mol. The van der Waals surface area contributed by atoms with Gasteiger partial charge in [-0.05, 0) is 31.0 Å². The Morgan fingerprint density at radius 1 is 1.35 bits per heavy atom. The molecule has 1 aromatic carbocycles. The molecule has 0 radical (unpaired) electrons. The van der Waals surface area contributed by atoms with Crippen LogP contribution in [0.2, 0.25) is 0 Å². The van der Waals surface area contributed by atoms with E-state index in [9.17, 15) is 9.59 Å². The lowest BCUT2D eigenvalue weighted by atomic mass is 10.2. The highest BCUT2D eigenvalue weighted by atomic mass is 32.2. The molecule has 0 saturated carbocycles. The summed E-state index contributed by atoms with van der Waals surface area (Å²) >= 11 is 1.37. The summed E-state index contributed by atoms with van der Waals surface area (Å²) < 4.78 is 0. The number of carbonyl (C=O) groups is 2. The summed E-state index contributed by atoms with van der Waals surface area (Å²) in [5, 5.41) is 4.94. The van der Waals surface area contributed by atoms with E-state index >= 15 is 0 Å². The van der Waals surface area contributed by atoms with E-state index in [-0.39, 0.29) is 11.7 Å². The lowest BCUT2D eigenvalue weighted by Crippen LogP contribution is -2.40. The number of nitrogen functional groups attached to an aromatic ring is 1. The number of aryl methyl sites for hydroxylation is 1. The fourth-order valence-electron chi connectivity index (χ4n) is 1.50. The summed E-state index contributed by atoms with van der Waals surface area (Å²) in [6, 6.07) is 5.12. The largest absolute Gasteiger partial charge is 0.399 e. The molecule has 5 nitrogen and oxygen atoms in total. The van der Waals surface area contributed by atoms with Crippen molar-refractivity contribution in [1.82, 2.24) is 10.6 Å². The minimum Gasteiger partial charge on any atom is -0.399 e. The van der Waals surface area contributed by atoms with Gasteiger partial charge < -0.3 is 11.1 Å². The van der Waals surface area contributed by atoms with Crippen LogP contribution in [-0.2, 0) is 4.79 Å². The summed E-state index contributed by atoms with van der Waals surface area (Å²) in [5.41, 5.74) is 7.43. The predicted octanol–water partition coefficient (Wildman–Crippen LogP) is 2.30. The van der Waals surface area contributed by atoms with Gasteiger partial charge in [0.2, 0.25) is 5.91 Å². The van der Waals surface area contributed by atoms with Crippen molar-refractivity contribution in [3.63, 3.8) is 0 Å². The van der Waals surface area contributed by atoms with Gasteiger partial charge in [0, 0.05) is 17.1 Å². The molecule has 0 bridgehead atoms. The molecule has 3 amide bonds. The molecule has 0 heterocycles. The van der Waals surface area contributed by atoms with Crippen molar-refractivity contribution in [1.29, 1.82) is 0 Å². The maximum Gasteiger partial charge on any atom is 0.321 e. The van der Waals surface area contributed by atoms with Gasteiger partial charge in [-0.15, -0.1) is 11.8 Å². The minimum absolute atomic E-state index is 0.186. The molecule has 0 aliphatic rings. The van der Waals surface area contributed by atoms with Crippen molar-refractivity contribution in [2.75, 3.05) is 18.0 Å². The third kappa shape index (κ3) is 5.97. The molecule has 0 aromatic heterocycles. The van der Waals surface area contributed by atoms with E-state index in [1.165, 1.54) is 11.8 Å². The monoisotopic (exact) mass is 295 g/mol. The summed E-state index contributed by atoms with van der Waals surface area (Å²) in [6.45, 7) is 4.57. The lowest BCUT2D eigenvalue weighted by Gasteiger charge is -2.08. The third-order valence-electron chi connectivity index (χ3n) is 2.64. The molecule has 0 fully saturated rings. The molecule has 0 atom stereocenters. The van der Waals surface area contributed by atoms with Gasteiger partial charge >= 0.3 is 6.03 Å². The average Bonchev–Trinajstić information content (AvgIpc) is 2.40. The maximum absolute atomic E-state index is 11.6. The number of anilines is 1. The topological polar surface area (TPSA) is 84.2 Å². The molecular formula is C14H21N3O2S. The standard InChI is InChI=1S/C14H21N3O2S/c1-3-4-7-16-14(19)17-13(18)9-20-12-8-11(15)6-5-10(12)2/h5-6,8H,3-4,7,9,15H2,1-2H3,(H2,16,17,18,19). The van der Waals surface area contributed by atoms with Crippen LogP contribution in [0.25, 0.3) is 0 Å². The zero-order valence-electron chi connectivity index (χ0n) is 11.9. The fraction of sp³-hybridized carbons (Fsp3) is 0.429. The van der Waals surface area contributed by atoms with Gasteiger partial charge in [-0.25, -0.2) is 4.79 Å². The molecular weight excluding hydrogens is 274 g/mol. The molecule has 1 rings (SSSR count). The van der Waals surface area contributed by atoms with Crippen LogP contribution >= 0.6 is 11.8 Å². The van der Waals surface area contributed by atoms with Crippen LogP contribution in [0.4, 0.5) is 10.5 Å². The van der Waals surface area contributed by atoms with E-state index in [1.807, 2.05) is 32.0 Å². The normalized spacial score (nSPS) is 10.1. The first-order valence-electron chi connectivity index (χ1n) is 6.59. The smallest absolute Gasteiger partial charge is 0.321 e. The zero-order chi connectivity index (χ0) is 15.0. The number of nitrogens with two attached hydrogens (primary N) is 1. The molecule has 4 N–H and O–H groups in total. The van der Waals surface area contributed by atoms with Gasteiger partial charge in [0.05, 0.1) is 5.75 Å². The van der Waals surface area contributed by atoms with E-state index in [0.29, 0.717) is 12.2 Å². The number of nitrogens with one attached hydrogen (secondary N) is 2. The number of carbonyl (C=O) groups excluding carboxylic acids is 2. The Labute approximate surface area is 123 Å². The Balaban J connectivity index is 2.36. The molecule has 20 heavy (non-hydrogen) atoms. The number of thioether (sulfide) groups is 1. The number of amides is 3. The second-order valence-corrected chi connectivity index (χ2v) is 5.49. The third-order valence-corrected chi connectivity index (χ3v) is 3.80. The number of imide groups is 1. The van der Waals surface area contributed by atoms with Gasteiger partial charge in [0.15, 0.2) is 0 Å². The summed E-state index contributed by atoms with van der Waals surface area (Å²) in [6.07, 6.45) is 1.90. The Hall–Kier alpha value is -1.69. The summed E-state index contributed by atoms with van der Waals surface area (Å²) in [7, 11) is 0. The summed E-state index contributed by atoms with van der Waals surface area (Å²) in [4.78, 5) is 24.0. The fourth-order valence-corrected chi connectivity index (χ4v) is 2.37. The maximum atomic E-state index is 11.6. The first-order valence-corrected chi connectivity index (χ1v) is 7.58. The second-order valence-electron chi connectivity index (χ2n) is 4.47. The van der Waals surface area contributed by atoms with Crippen molar-refractivity contribution in [3.05, 3.63) is 23.8 Å². The first-order chi connectivity index (χ1) is 9.52. The van der Waals surface area contributed by atoms with Crippen LogP contribution < -0.4 is 16.4 Å². The van der Waals surface area contributed by atoms with Crippen LogP contribution in [0.5, 0.6) is 0 Å². The van der Waals surface area contributed by atoms with Crippen LogP contribution in [0, 0.1) is 6.92 Å². The molecule has 0 unspecified atom stereocenters. The van der Waals surface area contributed by atoms with Crippen molar-refractivity contribution >= 4 is 29.4 Å².